The third-order valence-corrected chi connectivity index (χ3v) is 3.46. The van der Waals surface area contributed by atoms with Gasteiger partial charge < -0.3 is 14.0 Å². The summed E-state index contributed by atoms with van der Waals surface area (Å²) in [5.74, 6) is 0.918. The van der Waals surface area contributed by atoms with Gasteiger partial charge in [-0.2, -0.15) is 0 Å². The van der Waals surface area contributed by atoms with Gasteiger partial charge in [-0.05, 0) is 31.2 Å². The summed E-state index contributed by atoms with van der Waals surface area (Å²) in [5, 5.41) is 6.55. The Bertz CT molecular complexity index is 848. The summed E-state index contributed by atoms with van der Waals surface area (Å²) in [4.78, 5) is 16.3. The van der Waals surface area contributed by atoms with E-state index in [4.69, 9.17) is 14.0 Å². The van der Waals surface area contributed by atoms with Crippen LogP contribution in [0.4, 0.5) is 5.88 Å². The van der Waals surface area contributed by atoms with Crippen molar-refractivity contribution in [3.63, 3.8) is 0 Å². The summed E-state index contributed by atoms with van der Waals surface area (Å²) in [6, 6.07) is 12.4. The van der Waals surface area contributed by atoms with Gasteiger partial charge in [0.25, 0.3) is 5.91 Å². The van der Waals surface area contributed by atoms with E-state index in [-0.39, 0.29) is 11.8 Å². The topological polar surface area (TPSA) is 86.5 Å². The fourth-order valence-corrected chi connectivity index (χ4v) is 2.17. The van der Waals surface area contributed by atoms with Crippen LogP contribution < -0.4 is 14.8 Å². The van der Waals surface area contributed by atoms with E-state index in [9.17, 15) is 4.79 Å². The smallest absolute Gasteiger partial charge is 0.267 e. The second-order valence-corrected chi connectivity index (χ2v) is 5.22. The molecule has 128 valence electrons. The lowest BCUT2D eigenvalue weighted by Gasteiger charge is -2.15. The highest BCUT2D eigenvalue weighted by Crippen LogP contribution is 2.27. The number of aromatic nitrogens is 2. The molecule has 1 unspecified atom stereocenters. The Labute approximate surface area is 144 Å². The monoisotopic (exact) mass is 339 g/mol. The van der Waals surface area contributed by atoms with Gasteiger partial charge in [0.05, 0.1) is 7.11 Å². The molecule has 1 aromatic carbocycles. The number of benzene rings is 1. The number of rotatable bonds is 6. The minimum absolute atomic E-state index is 0.235. The van der Waals surface area contributed by atoms with Crippen LogP contribution in [0.5, 0.6) is 11.5 Å². The van der Waals surface area contributed by atoms with Crippen molar-refractivity contribution in [2.75, 3.05) is 12.4 Å². The van der Waals surface area contributed by atoms with E-state index < -0.39 is 6.10 Å². The zero-order valence-electron chi connectivity index (χ0n) is 13.8. The highest BCUT2D eigenvalue weighted by molar-refractivity contribution is 5.93. The first kappa shape index (κ1) is 16.5. The maximum absolute atomic E-state index is 12.3. The highest BCUT2D eigenvalue weighted by Gasteiger charge is 2.19. The summed E-state index contributed by atoms with van der Waals surface area (Å²) in [6.45, 7) is 1.64. The Kier molecular flexibility index (Phi) is 4.94. The van der Waals surface area contributed by atoms with Crippen LogP contribution in [0.15, 0.2) is 59.4 Å². The molecule has 1 N–H and O–H groups in total. The van der Waals surface area contributed by atoms with Crippen LogP contribution in [-0.4, -0.2) is 29.3 Å². The van der Waals surface area contributed by atoms with E-state index in [1.807, 2.05) is 12.1 Å². The molecule has 7 heteroatoms. The normalized spacial score (nSPS) is 11.6. The zero-order chi connectivity index (χ0) is 17.6. The second-order valence-electron chi connectivity index (χ2n) is 5.22. The Morgan fingerprint density at radius 3 is 2.72 bits per heavy atom. The number of methoxy groups -OCH3 is 1. The van der Waals surface area contributed by atoms with Crippen molar-refractivity contribution >= 4 is 11.8 Å². The molecular weight excluding hydrogens is 322 g/mol. The Balaban J connectivity index is 1.65. The fraction of sp³-hybridized carbons (Fsp3) is 0.167. The first-order chi connectivity index (χ1) is 12.2. The molecule has 7 nitrogen and oxygen atoms in total. The van der Waals surface area contributed by atoms with Gasteiger partial charge in [0, 0.05) is 24.0 Å². The number of carbonyl (C=O) groups excluding carboxylic acids is 1. The lowest BCUT2D eigenvalue weighted by molar-refractivity contribution is -0.122. The van der Waals surface area contributed by atoms with E-state index in [0.717, 1.165) is 5.56 Å². The van der Waals surface area contributed by atoms with E-state index >= 15 is 0 Å². The Morgan fingerprint density at radius 1 is 1.20 bits per heavy atom. The van der Waals surface area contributed by atoms with E-state index in [0.29, 0.717) is 17.2 Å². The zero-order valence-corrected chi connectivity index (χ0v) is 13.8. The van der Waals surface area contributed by atoms with Crippen molar-refractivity contribution in [2.45, 2.75) is 13.0 Å². The third-order valence-electron chi connectivity index (χ3n) is 3.46. The molecule has 0 radical (unpaired) electrons. The van der Waals surface area contributed by atoms with Gasteiger partial charge in [-0.1, -0.05) is 17.3 Å². The predicted octanol–water partition coefficient (Wildman–Crippen LogP) is 3.15. The Morgan fingerprint density at radius 2 is 2.00 bits per heavy atom. The predicted molar refractivity (Wildman–Crippen MR) is 91.4 cm³/mol. The van der Waals surface area contributed by atoms with E-state index in [1.54, 1.807) is 56.8 Å². The molecular formula is C18H17N3O4. The number of amides is 1. The molecule has 2 aromatic heterocycles. The van der Waals surface area contributed by atoms with Crippen LogP contribution in [0.1, 0.15) is 6.92 Å². The lowest BCUT2D eigenvalue weighted by Crippen LogP contribution is -2.30. The molecule has 0 aliphatic rings. The SMILES string of the molecule is COc1ccccc1OC(C)C(=O)Nc1cc(-c2cccnc2)no1. The molecule has 1 amide bonds. The van der Waals surface area contributed by atoms with E-state index in [2.05, 4.69) is 15.5 Å². The van der Waals surface area contributed by atoms with Crippen LogP contribution in [0.2, 0.25) is 0 Å². The van der Waals surface area contributed by atoms with Gasteiger partial charge in [-0.3, -0.25) is 15.1 Å². The standard InChI is InChI=1S/C18H17N3O4/c1-12(24-16-8-4-3-7-15(16)23-2)18(22)20-17-10-14(21-25-17)13-6-5-9-19-11-13/h3-12H,1-2H3,(H,20,22). The number of pyridine rings is 1. The lowest BCUT2D eigenvalue weighted by atomic mass is 10.2. The molecule has 3 rings (SSSR count). The summed E-state index contributed by atoms with van der Waals surface area (Å²) in [6.07, 6.45) is 2.59. The van der Waals surface area contributed by atoms with Gasteiger partial charge >= 0.3 is 0 Å². The van der Waals surface area contributed by atoms with Gasteiger partial charge in [-0.25, -0.2) is 0 Å². The summed E-state index contributed by atoms with van der Waals surface area (Å²) in [5.41, 5.74) is 1.38. The van der Waals surface area contributed by atoms with Crippen LogP contribution >= 0.6 is 0 Å². The second kappa shape index (κ2) is 7.48. The maximum Gasteiger partial charge on any atom is 0.267 e. The summed E-state index contributed by atoms with van der Waals surface area (Å²) in [7, 11) is 1.54. The molecule has 0 saturated carbocycles. The molecule has 0 saturated heterocycles. The number of ether oxygens (including phenoxy) is 2. The largest absolute Gasteiger partial charge is 0.493 e. The van der Waals surface area contributed by atoms with Crippen LogP contribution in [0.25, 0.3) is 11.3 Å². The van der Waals surface area contributed by atoms with Crippen molar-refractivity contribution in [3.8, 4) is 22.8 Å². The maximum atomic E-state index is 12.3. The fourth-order valence-electron chi connectivity index (χ4n) is 2.17. The van der Waals surface area contributed by atoms with Gasteiger partial charge in [0.2, 0.25) is 5.88 Å². The molecule has 0 fully saturated rings. The third kappa shape index (κ3) is 3.95. The first-order valence-corrected chi connectivity index (χ1v) is 7.65. The number of carbonyl (C=O) groups is 1. The summed E-state index contributed by atoms with van der Waals surface area (Å²) >= 11 is 0. The van der Waals surface area contributed by atoms with Crippen molar-refractivity contribution in [1.29, 1.82) is 0 Å². The molecule has 0 spiro atoms. The van der Waals surface area contributed by atoms with Crippen LogP contribution in [0, 0.1) is 0 Å². The number of hydrogen-bond donors (Lipinski definition) is 1. The number of anilines is 1. The highest BCUT2D eigenvalue weighted by atomic mass is 16.5. The number of para-hydroxylation sites is 2. The first-order valence-electron chi connectivity index (χ1n) is 7.65. The molecule has 3 aromatic rings. The quantitative estimate of drug-likeness (QED) is 0.742. The average Bonchev–Trinajstić information content (AvgIpc) is 3.11. The van der Waals surface area contributed by atoms with Gasteiger partial charge in [0.15, 0.2) is 17.6 Å². The molecule has 2 heterocycles. The van der Waals surface area contributed by atoms with Crippen molar-refractivity contribution in [1.82, 2.24) is 10.1 Å². The molecule has 0 bridgehead atoms. The van der Waals surface area contributed by atoms with Gasteiger partial charge in [-0.15, -0.1) is 0 Å². The van der Waals surface area contributed by atoms with Crippen molar-refractivity contribution in [2.24, 2.45) is 0 Å². The van der Waals surface area contributed by atoms with Crippen LogP contribution in [-0.2, 0) is 4.79 Å². The van der Waals surface area contributed by atoms with Gasteiger partial charge in [0.1, 0.15) is 5.69 Å². The molecule has 1 atom stereocenters. The Hall–Kier alpha value is -3.35. The van der Waals surface area contributed by atoms with Crippen molar-refractivity contribution in [3.05, 3.63) is 54.9 Å². The van der Waals surface area contributed by atoms with Crippen molar-refractivity contribution < 1.29 is 18.8 Å². The number of nitrogens with one attached hydrogen (secondary N) is 1. The van der Waals surface area contributed by atoms with E-state index in [1.165, 1.54) is 0 Å². The minimum atomic E-state index is -0.747. The minimum Gasteiger partial charge on any atom is -0.493 e. The number of hydrogen-bond acceptors (Lipinski definition) is 6. The summed E-state index contributed by atoms with van der Waals surface area (Å²) < 4.78 is 16.0. The number of nitrogens with zero attached hydrogens (tertiary/aromatic N) is 2. The molecule has 0 aliphatic heterocycles. The molecule has 0 aliphatic carbocycles. The molecule has 25 heavy (non-hydrogen) atoms. The average molecular weight is 339 g/mol. The van der Waals surface area contributed by atoms with Crippen LogP contribution in [0.3, 0.4) is 0 Å².